The third kappa shape index (κ3) is 5.33. The zero-order valence-electron chi connectivity index (χ0n) is 18.7. The second-order valence-corrected chi connectivity index (χ2v) is 9.26. The number of carbonyl (C=O) groups is 1. The average Bonchev–Trinajstić information content (AvgIpc) is 3.06. The zero-order chi connectivity index (χ0) is 23.3. The number of rotatable bonds is 8. The van der Waals surface area contributed by atoms with Crippen LogP contribution in [0, 0.1) is 13.8 Å². The van der Waals surface area contributed by atoms with Crippen LogP contribution >= 0.6 is 0 Å². The predicted molar refractivity (Wildman–Crippen MR) is 126 cm³/mol. The first-order valence-corrected chi connectivity index (χ1v) is 11.8. The lowest BCUT2D eigenvalue weighted by molar-refractivity contribution is -0.125. The Balaban J connectivity index is 1.69. The average molecular weight is 453 g/mol. The van der Waals surface area contributed by atoms with E-state index in [1.807, 2.05) is 48.9 Å². The van der Waals surface area contributed by atoms with Crippen LogP contribution in [0.5, 0.6) is 0 Å². The van der Waals surface area contributed by atoms with Gasteiger partial charge in [-0.2, -0.15) is 5.10 Å². The van der Waals surface area contributed by atoms with Gasteiger partial charge in [-0.25, -0.2) is 17.8 Å². The molecule has 3 aromatic rings. The van der Waals surface area contributed by atoms with Gasteiger partial charge in [0.2, 0.25) is 15.9 Å². The first-order valence-electron chi connectivity index (χ1n) is 10.4. The van der Waals surface area contributed by atoms with E-state index in [1.165, 1.54) is 18.2 Å². The van der Waals surface area contributed by atoms with Crippen molar-refractivity contribution in [1.29, 1.82) is 0 Å². The number of carbonyl (C=O) groups excluding carboxylic acids is 1. The van der Waals surface area contributed by atoms with Crippen molar-refractivity contribution in [2.24, 2.45) is 0 Å². The number of hydrogen-bond donors (Lipinski definition) is 1. The van der Waals surface area contributed by atoms with Gasteiger partial charge in [0.15, 0.2) is 0 Å². The molecule has 3 rings (SSSR count). The molecule has 1 heterocycles. The molecule has 2 aromatic carbocycles. The van der Waals surface area contributed by atoms with Gasteiger partial charge >= 0.3 is 0 Å². The highest BCUT2D eigenvalue weighted by Crippen LogP contribution is 2.19. The number of sulfonamides is 1. The van der Waals surface area contributed by atoms with Gasteiger partial charge in [0.05, 0.1) is 16.3 Å². The fourth-order valence-electron chi connectivity index (χ4n) is 3.37. The summed E-state index contributed by atoms with van der Waals surface area (Å²) in [5, 5.41) is 4.63. The Labute approximate surface area is 189 Å². The van der Waals surface area contributed by atoms with Crippen molar-refractivity contribution >= 4 is 22.0 Å². The van der Waals surface area contributed by atoms with Crippen LogP contribution in [0.4, 0.5) is 0 Å². The molecule has 0 saturated heterocycles. The quantitative estimate of drug-likeness (QED) is 0.531. The largest absolute Gasteiger partial charge is 0.338 e. The number of nitrogens with zero attached hydrogens (tertiary/aromatic N) is 3. The van der Waals surface area contributed by atoms with Gasteiger partial charge in [-0.05, 0) is 49.8 Å². The predicted octanol–water partition coefficient (Wildman–Crippen LogP) is 3.46. The summed E-state index contributed by atoms with van der Waals surface area (Å²) in [5.41, 5.74) is 4.61. The Bertz CT molecular complexity index is 1210. The number of para-hydroxylation sites is 1. The summed E-state index contributed by atoms with van der Waals surface area (Å²) in [5.74, 6) is -0.152. The third-order valence-electron chi connectivity index (χ3n) is 5.16. The summed E-state index contributed by atoms with van der Waals surface area (Å²) in [6, 6.07) is 16.3. The molecule has 0 aliphatic carbocycles. The monoisotopic (exact) mass is 452 g/mol. The number of hydrogen-bond acceptors (Lipinski definition) is 4. The molecule has 0 bridgehead atoms. The van der Waals surface area contributed by atoms with Crippen molar-refractivity contribution in [3.05, 3.63) is 83.2 Å². The molecule has 0 fully saturated rings. The van der Waals surface area contributed by atoms with E-state index in [0.717, 1.165) is 28.2 Å². The van der Waals surface area contributed by atoms with Crippen LogP contribution in [0.25, 0.3) is 11.8 Å². The van der Waals surface area contributed by atoms with Gasteiger partial charge in [0, 0.05) is 37.5 Å². The van der Waals surface area contributed by atoms with Crippen molar-refractivity contribution in [2.75, 3.05) is 13.6 Å². The van der Waals surface area contributed by atoms with E-state index >= 15 is 0 Å². The molecule has 0 spiro atoms. The molecule has 0 saturated carbocycles. The zero-order valence-corrected chi connectivity index (χ0v) is 19.6. The number of likely N-dealkylation sites (N-methyl/N-ethyl adjacent to an activating group) is 1. The molecule has 0 radical (unpaired) electrons. The fraction of sp³-hybridized carbons (Fsp3) is 0.250. The molecule has 1 N–H and O–H groups in total. The van der Waals surface area contributed by atoms with Crippen molar-refractivity contribution in [1.82, 2.24) is 19.4 Å². The Morgan fingerprint density at radius 3 is 2.38 bits per heavy atom. The van der Waals surface area contributed by atoms with E-state index in [4.69, 9.17) is 0 Å². The summed E-state index contributed by atoms with van der Waals surface area (Å²) < 4.78 is 28.4. The molecule has 8 heteroatoms. The fourth-order valence-corrected chi connectivity index (χ4v) is 4.41. The van der Waals surface area contributed by atoms with E-state index in [-0.39, 0.29) is 10.8 Å². The van der Waals surface area contributed by atoms with Crippen molar-refractivity contribution < 1.29 is 13.2 Å². The third-order valence-corrected chi connectivity index (χ3v) is 6.72. The molecule has 32 heavy (non-hydrogen) atoms. The van der Waals surface area contributed by atoms with Gasteiger partial charge in [0.25, 0.3) is 0 Å². The topological polar surface area (TPSA) is 84.3 Å². The second kappa shape index (κ2) is 9.93. The molecule has 168 valence electrons. The van der Waals surface area contributed by atoms with Gasteiger partial charge in [-0.15, -0.1) is 0 Å². The summed E-state index contributed by atoms with van der Waals surface area (Å²) in [7, 11) is -1.74. The van der Waals surface area contributed by atoms with Crippen molar-refractivity contribution in [2.45, 2.75) is 32.2 Å². The van der Waals surface area contributed by atoms with Crippen molar-refractivity contribution in [3.8, 4) is 5.69 Å². The van der Waals surface area contributed by atoms with Crippen LogP contribution in [0.2, 0.25) is 0 Å². The first-order chi connectivity index (χ1) is 15.2. The molecule has 1 aromatic heterocycles. The van der Waals surface area contributed by atoms with Crippen LogP contribution in [0.3, 0.4) is 0 Å². The van der Waals surface area contributed by atoms with Crippen LogP contribution in [0.1, 0.15) is 29.4 Å². The Kier molecular flexibility index (Phi) is 7.27. The second-order valence-electron chi connectivity index (χ2n) is 7.49. The molecule has 7 nitrogen and oxygen atoms in total. The molecule has 0 unspecified atom stereocenters. The van der Waals surface area contributed by atoms with E-state index in [1.54, 1.807) is 37.1 Å². The number of nitrogens with one attached hydrogen (secondary N) is 1. The number of aryl methyl sites for hydroxylation is 1. The molecular formula is C24H28N4O3S. The normalized spacial score (nSPS) is 11.8. The van der Waals surface area contributed by atoms with Crippen LogP contribution in [-0.4, -0.2) is 42.6 Å². The SMILES string of the molecule is CCNS(=O)(=O)c1ccc(/C=C/C(=O)N(C)Cc2c(C)nn(-c3ccccc3)c2C)cc1. The number of amides is 1. The lowest BCUT2D eigenvalue weighted by atomic mass is 10.1. The smallest absolute Gasteiger partial charge is 0.246 e. The Morgan fingerprint density at radius 1 is 1.09 bits per heavy atom. The van der Waals surface area contributed by atoms with Crippen molar-refractivity contribution in [3.63, 3.8) is 0 Å². The first kappa shape index (κ1) is 23.4. The van der Waals surface area contributed by atoms with Crippen LogP contribution in [-0.2, 0) is 21.4 Å². The molecular weight excluding hydrogens is 424 g/mol. The van der Waals surface area contributed by atoms with Gasteiger partial charge in [-0.1, -0.05) is 37.3 Å². The Hall–Kier alpha value is -3.23. The number of benzene rings is 2. The van der Waals surface area contributed by atoms with Gasteiger partial charge < -0.3 is 4.90 Å². The molecule has 1 amide bonds. The van der Waals surface area contributed by atoms with E-state index in [2.05, 4.69) is 9.82 Å². The lowest BCUT2D eigenvalue weighted by Gasteiger charge is -2.15. The van der Waals surface area contributed by atoms with Crippen LogP contribution < -0.4 is 4.72 Å². The summed E-state index contributed by atoms with van der Waals surface area (Å²) in [6.07, 6.45) is 3.16. The minimum Gasteiger partial charge on any atom is -0.338 e. The minimum absolute atomic E-state index is 0.152. The maximum Gasteiger partial charge on any atom is 0.246 e. The summed E-state index contributed by atoms with van der Waals surface area (Å²) in [4.78, 5) is 14.5. The maximum absolute atomic E-state index is 12.6. The standard InChI is InChI=1S/C24H28N4O3S/c1-5-25-32(30,31)22-14-11-20(12-15-22)13-16-24(29)27(4)17-23-18(2)26-28(19(23)3)21-9-7-6-8-10-21/h6-16,25H,5,17H2,1-4H3/b16-13+. The van der Waals surface area contributed by atoms with E-state index in [9.17, 15) is 13.2 Å². The van der Waals surface area contributed by atoms with Gasteiger partial charge in [-0.3, -0.25) is 4.79 Å². The highest BCUT2D eigenvalue weighted by molar-refractivity contribution is 7.89. The molecule has 0 aliphatic heterocycles. The molecule has 0 atom stereocenters. The van der Waals surface area contributed by atoms with Crippen LogP contribution in [0.15, 0.2) is 65.6 Å². The maximum atomic E-state index is 12.6. The van der Waals surface area contributed by atoms with E-state index < -0.39 is 10.0 Å². The minimum atomic E-state index is -3.49. The highest BCUT2D eigenvalue weighted by Gasteiger charge is 2.16. The Morgan fingerprint density at radius 2 is 1.75 bits per heavy atom. The number of aromatic nitrogens is 2. The lowest BCUT2D eigenvalue weighted by Crippen LogP contribution is -2.24. The molecule has 0 aliphatic rings. The summed E-state index contributed by atoms with van der Waals surface area (Å²) in [6.45, 7) is 6.44. The van der Waals surface area contributed by atoms with E-state index in [0.29, 0.717) is 13.1 Å². The van der Waals surface area contributed by atoms with Gasteiger partial charge in [0.1, 0.15) is 0 Å². The summed E-state index contributed by atoms with van der Waals surface area (Å²) >= 11 is 0. The highest BCUT2D eigenvalue weighted by atomic mass is 32.2.